The highest BCUT2D eigenvalue weighted by molar-refractivity contribution is 7.18. The van der Waals surface area contributed by atoms with Crippen molar-refractivity contribution in [3.8, 4) is 0 Å². The molecule has 1 aliphatic heterocycles. The van der Waals surface area contributed by atoms with Gasteiger partial charge in [-0.1, -0.05) is 0 Å². The minimum absolute atomic E-state index is 0.00220. The molecule has 20 heavy (non-hydrogen) atoms. The highest BCUT2D eigenvalue weighted by atomic mass is 32.1. The molecule has 2 heterocycles. The third-order valence-electron chi connectivity index (χ3n) is 2.80. The summed E-state index contributed by atoms with van der Waals surface area (Å²) in [7, 11) is 0. The highest BCUT2D eigenvalue weighted by Crippen LogP contribution is 2.22. The average Bonchev–Trinajstić information content (AvgIpc) is 2.96. The van der Waals surface area contributed by atoms with Crippen molar-refractivity contribution < 1.29 is 24.3 Å². The van der Waals surface area contributed by atoms with E-state index in [4.69, 9.17) is 5.11 Å². The summed E-state index contributed by atoms with van der Waals surface area (Å²) in [5, 5.41) is 11.7. The van der Waals surface area contributed by atoms with Crippen molar-refractivity contribution in [3.63, 3.8) is 0 Å². The Morgan fingerprint density at radius 2 is 1.90 bits per heavy atom. The van der Waals surface area contributed by atoms with E-state index in [0.717, 1.165) is 16.2 Å². The lowest BCUT2D eigenvalue weighted by Crippen LogP contribution is -2.32. The van der Waals surface area contributed by atoms with E-state index in [-0.39, 0.29) is 48.4 Å². The Balaban J connectivity index is 1.84. The predicted molar refractivity (Wildman–Crippen MR) is 70.5 cm³/mol. The van der Waals surface area contributed by atoms with Crippen molar-refractivity contribution in [2.45, 2.75) is 19.3 Å². The Labute approximate surface area is 118 Å². The van der Waals surface area contributed by atoms with E-state index in [2.05, 4.69) is 5.32 Å². The lowest BCUT2D eigenvalue weighted by atomic mass is 10.3. The minimum atomic E-state index is -1.05. The number of aromatic carboxylic acids is 1. The third kappa shape index (κ3) is 3.21. The molecule has 0 aromatic carbocycles. The molecule has 2 N–H and O–H groups in total. The number of thiophene rings is 1. The van der Waals surface area contributed by atoms with Crippen LogP contribution in [-0.4, -0.2) is 40.2 Å². The maximum absolute atomic E-state index is 11.7. The molecule has 3 amide bonds. The number of rotatable bonds is 5. The van der Waals surface area contributed by atoms with Crippen molar-refractivity contribution >= 4 is 40.0 Å². The van der Waals surface area contributed by atoms with Crippen LogP contribution in [0.3, 0.4) is 0 Å². The second-order valence-electron chi connectivity index (χ2n) is 4.21. The number of hydrogen-bond donors (Lipinski definition) is 2. The van der Waals surface area contributed by atoms with E-state index in [9.17, 15) is 19.2 Å². The maximum Gasteiger partial charge on any atom is 0.345 e. The van der Waals surface area contributed by atoms with Gasteiger partial charge in [0, 0.05) is 25.8 Å². The van der Waals surface area contributed by atoms with E-state index < -0.39 is 5.97 Å². The van der Waals surface area contributed by atoms with Crippen LogP contribution in [0.15, 0.2) is 12.1 Å². The fourth-order valence-electron chi connectivity index (χ4n) is 1.81. The molecule has 1 saturated heterocycles. The zero-order valence-electron chi connectivity index (χ0n) is 10.4. The summed E-state index contributed by atoms with van der Waals surface area (Å²) in [6.45, 7) is 0.0562. The number of carboxylic acid groups (broad SMARTS) is 1. The number of nitrogens with zero attached hydrogens (tertiary/aromatic N) is 1. The number of likely N-dealkylation sites (tertiary alicyclic amines) is 1. The molecule has 0 radical (unpaired) electrons. The van der Waals surface area contributed by atoms with Gasteiger partial charge in [0.25, 0.3) is 0 Å². The first kappa shape index (κ1) is 14.2. The molecular formula is C12H12N2O5S. The van der Waals surface area contributed by atoms with Crippen LogP contribution in [0, 0.1) is 0 Å². The number of imide groups is 1. The lowest BCUT2D eigenvalue weighted by molar-refractivity contribution is -0.138. The molecule has 1 aliphatic rings. The van der Waals surface area contributed by atoms with Crippen LogP contribution >= 0.6 is 11.3 Å². The predicted octanol–water partition coefficient (Wildman–Crippen LogP) is 0.924. The number of carboxylic acids is 1. The minimum Gasteiger partial charge on any atom is -0.477 e. The van der Waals surface area contributed by atoms with Gasteiger partial charge in [-0.15, -0.1) is 11.3 Å². The zero-order valence-corrected chi connectivity index (χ0v) is 11.2. The van der Waals surface area contributed by atoms with Gasteiger partial charge in [0.1, 0.15) is 4.88 Å². The summed E-state index contributed by atoms with van der Waals surface area (Å²) < 4.78 is 0. The Bertz CT molecular complexity index is 564. The quantitative estimate of drug-likeness (QED) is 0.786. The van der Waals surface area contributed by atoms with Gasteiger partial charge in [-0.05, 0) is 12.1 Å². The first-order valence-electron chi connectivity index (χ1n) is 5.93. The number of amides is 3. The average molecular weight is 296 g/mol. The second kappa shape index (κ2) is 5.83. The van der Waals surface area contributed by atoms with Crippen LogP contribution in [0.4, 0.5) is 5.00 Å². The Hall–Kier alpha value is -2.22. The molecule has 0 bridgehead atoms. The van der Waals surface area contributed by atoms with Gasteiger partial charge in [0.2, 0.25) is 17.7 Å². The normalized spacial score (nSPS) is 14.7. The molecule has 0 spiro atoms. The van der Waals surface area contributed by atoms with Crippen LogP contribution in [-0.2, 0) is 14.4 Å². The summed E-state index contributed by atoms with van der Waals surface area (Å²) in [4.78, 5) is 46.2. The number of nitrogens with one attached hydrogen (secondary N) is 1. The van der Waals surface area contributed by atoms with Gasteiger partial charge >= 0.3 is 5.97 Å². The molecule has 8 heteroatoms. The van der Waals surface area contributed by atoms with Crippen LogP contribution in [0.25, 0.3) is 0 Å². The number of carbonyl (C=O) groups is 4. The molecule has 106 valence electrons. The fourth-order valence-corrected chi connectivity index (χ4v) is 2.57. The lowest BCUT2D eigenvalue weighted by Gasteiger charge is -2.12. The summed E-state index contributed by atoms with van der Waals surface area (Å²) in [6, 6.07) is 2.90. The van der Waals surface area contributed by atoms with Crippen molar-refractivity contribution in [1.29, 1.82) is 0 Å². The molecule has 0 aliphatic carbocycles. The van der Waals surface area contributed by atoms with E-state index in [1.54, 1.807) is 0 Å². The fraction of sp³-hybridized carbons (Fsp3) is 0.333. The summed E-state index contributed by atoms with van der Waals surface area (Å²) in [5.41, 5.74) is 0. The molecule has 2 rings (SSSR count). The van der Waals surface area contributed by atoms with Gasteiger partial charge in [-0.25, -0.2) is 4.79 Å². The summed E-state index contributed by atoms with van der Waals surface area (Å²) in [6.07, 6.45) is 0.401. The Morgan fingerprint density at radius 1 is 1.25 bits per heavy atom. The Kier molecular flexibility index (Phi) is 4.14. The van der Waals surface area contributed by atoms with Gasteiger partial charge in [-0.2, -0.15) is 0 Å². The molecule has 1 aromatic rings. The molecular weight excluding hydrogens is 284 g/mol. The smallest absolute Gasteiger partial charge is 0.345 e. The van der Waals surface area contributed by atoms with Crippen molar-refractivity contribution in [3.05, 3.63) is 17.0 Å². The van der Waals surface area contributed by atoms with Crippen LogP contribution in [0.2, 0.25) is 0 Å². The van der Waals surface area contributed by atoms with Crippen molar-refractivity contribution in [2.75, 3.05) is 11.9 Å². The largest absolute Gasteiger partial charge is 0.477 e. The third-order valence-corrected chi connectivity index (χ3v) is 3.79. The molecule has 0 saturated carbocycles. The first-order valence-corrected chi connectivity index (χ1v) is 6.75. The standard InChI is InChI=1S/C12H12N2O5S/c15-8(5-6-14-10(16)3-4-11(14)17)13-9-2-1-7(20-9)12(18)19/h1-2H,3-6H2,(H,13,15)(H,18,19). The zero-order chi connectivity index (χ0) is 14.7. The monoisotopic (exact) mass is 296 g/mol. The maximum atomic E-state index is 11.7. The molecule has 7 nitrogen and oxygen atoms in total. The number of anilines is 1. The van der Waals surface area contributed by atoms with Crippen molar-refractivity contribution in [2.24, 2.45) is 0 Å². The van der Waals surface area contributed by atoms with Gasteiger partial charge in [0.05, 0.1) is 5.00 Å². The van der Waals surface area contributed by atoms with Crippen LogP contribution in [0.1, 0.15) is 28.9 Å². The summed E-state index contributed by atoms with van der Waals surface area (Å²) >= 11 is 0.950. The summed E-state index contributed by atoms with van der Waals surface area (Å²) in [5.74, 6) is -1.93. The van der Waals surface area contributed by atoms with Crippen LogP contribution < -0.4 is 5.32 Å². The highest BCUT2D eigenvalue weighted by Gasteiger charge is 2.28. The first-order chi connectivity index (χ1) is 9.47. The number of hydrogen-bond acceptors (Lipinski definition) is 5. The van der Waals surface area contributed by atoms with E-state index in [0.29, 0.717) is 5.00 Å². The van der Waals surface area contributed by atoms with Gasteiger partial charge in [0.15, 0.2) is 0 Å². The second-order valence-corrected chi connectivity index (χ2v) is 5.29. The molecule has 1 aromatic heterocycles. The topological polar surface area (TPSA) is 104 Å². The molecule has 0 unspecified atom stereocenters. The van der Waals surface area contributed by atoms with E-state index in [1.165, 1.54) is 12.1 Å². The van der Waals surface area contributed by atoms with Gasteiger partial charge in [-0.3, -0.25) is 19.3 Å². The van der Waals surface area contributed by atoms with E-state index in [1.807, 2.05) is 0 Å². The van der Waals surface area contributed by atoms with Crippen molar-refractivity contribution in [1.82, 2.24) is 4.90 Å². The Morgan fingerprint density at radius 3 is 2.45 bits per heavy atom. The SMILES string of the molecule is O=C(CCN1C(=O)CCC1=O)Nc1ccc(C(=O)O)s1. The van der Waals surface area contributed by atoms with E-state index >= 15 is 0 Å². The molecule has 0 atom stereocenters. The number of carbonyl (C=O) groups excluding carboxylic acids is 3. The van der Waals surface area contributed by atoms with Gasteiger partial charge < -0.3 is 10.4 Å². The molecule has 1 fully saturated rings. The van der Waals surface area contributed by atoms with Crippen LogP contribution in [0.5, 0.6) is 0 Å².